The van der Waals surface area contributed by atoms with Gasteiger partial charge in [-0.1, -0.05) is 59.9 Å². The van der Waals surface area contributed by atoms with E-state index in [4.69, 9.17) is 9.72 Å². The molecule has 31 heavy (non-hydrogen) atoms. The minimum Gasteiger partial charge on any atom is -0.492 e. The number of nitrogens with zero attached hydrogens (tertiary/aromatic N) is 3. The first kappa shape index (κ1) is 19.8. The Kier molecular flexibility index (Phi) is 5.47. The van der Waals surface area contributed by atoms with Gasteiger partial charge in [-0.05, 0) is 35.4 Å². The zero-order valence-electron chi connectivity index (χ0n) is 17.6. The van der Waals surface area contributed by atoms with Gasteiger partial charge in [0.25, 0.3) is 0 Å². The first-order chi connectivity index (χ1) is 15.2. The van der Waals surface area contributed by atoms with Gasteiger partial charge in [-0.2, -0.15) is 0 Å². The van der Waals surface area contributed by atoms with E-state index in [0.717, 1.165) is 52.8 Å². The van der Waals surface area contributed by atoms with Crippen LogP contribution in [0.25, 0.3) is 21.0 Å². The third-order valence-corrected chi connectivity index (χ3v) is 6.82. The number of fused-ring (bicyclic) bond motifs is 2. The van der Waals surface area contributed by atoms with E-state index in [-0.39, 0.29) is 5.91 Å². The van der Waals surface area contributed by atoms with Crippen LogP contribution in [0.3, 0.4) is 0 Å². The second kappa shape index (κ2) is 8.55. The number of rotatable bonds is 5. The molecule has 0 spiro atoms. The van der Waals surface area contributed by atoms with Crippen LogP contribution in [0.15, 0.2) is 60.7 Å². The van der Waals surface area contributed by atoms with Gasteiger partial charge in [-0.15, -0.1) is 0 Å². The predicted octanol–water partition coefficient (Wildman–Crippen LogP) is 4.74. The Bertz CT molecular complexity index is 1230. The van der Waals surface area contributed by atoms with Crippen LogP contribution in [0.5, 0.6) is 5.75 Å². The fourth-order valence-corrected chi connectivity index (χ4v) is 5.14. The van der Waals surface area contributed by atoms with Crippen LogP contribution in [0.1, 0.15) is 12.5 Å². The minimum absolute atomic E-state index is 0.192. The van der Waals surface area contributed by atoms with Gasteiger partial charge in [0.15, 0.2) is 5.13 Å². The van der Waals surface area contributed by atoms with Gasteiger partial charge in [0.1, 0.15) is 11.3 Å². The van der Waals surface area contributed by atoms with Gasteiger partial charge < -0.3 is 14.5 Å². The van der Waals surface area contributed by atoms with Crippen LogP contribution < -0.4 is 9.64 Å². The summed E-state index contributed by atoms with van der Waals surface area (Å²) in [6.07, 6.45) is 0.448. The Labute approximate surface area is 185 Å². The lowest BCUT2D eigenvalue weighted by molar-refractivity contribution is -0.130. The maximum Gasteiger partial charge on any atom is 0.227 e. The number of carbonyl (C=O) groups is 1. The first-order valence-corrected chi connectivity index (χ1v) is 11.6. The molecule has 3 aromatic carbocycles. The van der Waals surface area contributed by atoms with E-state index in [1.54, 1.807) is 11.3 Å². The van der Waals surface area contributed by atoms with E-state index >= 15 is 0 Å². The molecule has 1 saturated heterocycles. The van der Waals surface area contributed by atoms with E-state index in [0.29, 0.717) is 13.0 Å². The molecule has 0 bridgehead atoms. The highest BCUT2D eigenvalue weighted by atomic mass is 32.1. The molecule has 4 aromatic rings. The average molecular weight is 432 g/mol. The van der Waals surface area contributed by atoms with Crippen LogP contribution in [0, 0.1) is 0 Å². The highest BCUT2D eigenvalue weighted by molar-refractivity contribution is 7.22. The summed E-state index contributed by atoms with van der Waals surface area (Å²) in [4.78, 5) is 22.0. The van der Waals surface area contributed by atoms with Crippen LogP contribution in [0.2, 0.25) is 0 Å². The monoisotopic (exact) mass is 431 g/mol. The molecular weight excluding hydrogens is 406 g/mol. The van der Waals surface area contributed by atoms with Gasteiger partial charge in [-0.25, -0.2) is 4.98 Å². The van der Waals surface area contributed by atoms with Gasteiger partial charge in [0, 0.05) is 26.2 Å². The summed E-state index contributed by atoms with van der Waals surface area (Å²) in [7, 11) is 0. The van der Waals surface area contributed by atoms with Crippen molar-refractivity contribution >= 4 is 43.4 Å². The standard InChI is InChI=1S/C25H25N3O2S/c1-2-30-21-8-5-9-22-24(21)26-25(31-22)28-14-12-27(13-15-28)23(29)17-18-10-11-19-6-3-4-7-20(19)16-18/h3-11,16H,2,12-15,17H2,1H3. The highest BCUT2D eigenvalue weighted by Crippen LogP contribution is 2.34. The lowest BCUT2D eigenvalue weighted by Crippen LogP contribution is -2.49. The summed E-state index contributed by atoms with van der Waals surface area (Å²) >= 11 is 1.69. The molecular formula is C25H25N3O2S. The van der Waals surface area contributed by atoms with E-state index < -0.39 is 0 Å². The fraction of sp³-hybridized carbons (Fsp3) is 0.280. The smallest absolute Gasteiger partial charge is 0.227 e. The molecule has 1 aliphatic rings. The van der Waals surface area contributed by atoms with Crippen molar-refractivity contribution in [2.24, 2.45) is 0 Å². The van der Waals surface area contributed by atoms with Crippen LogP contribution in [0.4, 0.5) is 5.13 Å². The molecule has 1 fully saturated rings. The summed E-state index contributed by atoms with van der Waals surface area (Å²) in [6.45, 7) is 5.66. The molecule has 6 heteroatoms. The molecule has 1 amide bonds. The van der Waals surface area contributed by atoms with Crippen molar-refractivity contribution in [1.29, 1.82) is 0 Å². The van der Waals surface area contributed by atoms with Gasteiger partial charge >= 0.3 is 0 Å². The Morgan fingerprint density at radius 2 is 1.81 bits per heavy atom. The molecule has 0 N–H and O–H groups in total. The summed E-state index contributed by atoms with van der Waals surface area (Å²) < 4.78 is 6.86. The maximum absolute atomic E-state index is 12.9. The second-order valence-corrected chi connectivity index (χ2v) is 8.77. The zero-order valence-corrected chi connectivity index (χ0v) is 18.4. The second-order valence-electron chi connectivity index (χ2n) is 7.76. The number of benzene rings is 3. The SMILES string of the molecule is CCOc1cccc2sc(N3CCN(C(=O)Cc4ccc5ccccc5c4)CC3)nc12. The lowest BCUT2D eigenvalue weighted by Gasteiger charge is -2.34. The molecule has 0 radical (unpaired) electrons. The number of thiazole rings is 1. The van der Waals surface area contributed by atoms with Crippen molar-refractivity contribution in [2.45, 2.75) is 13.3 Å². The summed E-state index contributed by atoms with van der Waals surface area (Å²) in [5, 5.41) is 3.39. The normalized spacial score (nSPS) is 14.4. The molecule has 1 aromatic heterocycles. The molecule has 0 unspecified atom stereocenters. The summed E-state index contributed by atoms with van der Waals surface area (Å²) in [5.41, 5.74) is 2.00. The number of ether oxygens (including phenoxy) is 1. The quantitative estimate of drug-likeness (QED) is 0.458. The van der Waals surface area contributed by atoms with Gasteiger partial charge in [-0.3, -0.25) is 4.79 Å². The number of para-hydroxylation sites is 1. The Hall–Kier alpha value is -3.12. The number of piperazine rings is 1. The number of anilines is 1. The molecule has 0 aliphatic carbocycles. The zero-order chi connectivity index (χ0) is 21.2. The van der Waals surface area contributed by atoms with Gasteiger partial charge in [0.2, 0.25) is 5.91 Å². The third-order valence-electron chi connectivity index (χ3n) is 5.74. The number of hydrogen-bond donors (Lipinski definition) is 0. The van der Waals surface area contributed by atoms with Crippen molar-refractivity contribution in [3.63, 3.8) is 0 Å². The molecule has 5 nitrogen and oxygen atoms in total. The summed E-state index contributed by atoms with van der Waals surface area (Å²) in [6, 6.07) is 20.6. The van der Waals surface area contributed by atoms with Crippen molar-refractivity contribution in [1.82, 2.24) is 9.88 Å². The number of amides is 1. The third kappa shape index (κ3) is 4.08. The highest BCUT2D eigenvalue weighted by Gasteiger charge is 2.23. The van der Waals surface area contributed by atoms with Crippen LogP contribution in [-0.2, 0) is 11.2 Å². The van der Waals surface area contributed by atoms with Crippen LogP contribution in [-0.4, -0.2) is 48.6 Å². The van der Waals surface area contributed by atoms with E-state index in [1.165, 1.54) is 10.8 Å². The molecule has 5 rings (SSSR count). The van der Waals surface area contributed by atoms with Crippen LogP contribution >= 0.6 is 11.3 Å². The Morgan fingerprint density at radius 1 is 1.00 bits per heavy atom. The van der Waals surface area contributed by atoms with E-state index in [9.17, 15) is 4.79 Å². The van der Waals surface area contributed by atoms with Gasteiger partial charge in [0.05, 0.1) is 17.7 Å². The minimum atomic E-state index is 0.192. The fourth-order valence-electron chi connectivity index (χ4n) is 4.10. The molecule has 0 saturated carbocycles. The number of hydrogen-bond acceptors (Lipinski definition) is 5. The van der Waals surface area contributed by atoms with E-state index in [2.05, 4.69) is 41.3 Å². The van der Waals surface area contributed by atoms with Crippen molar-refractivity contribution < 1.29 is 9.53 Å². The summed E-state index contributed by atoms with van der Waals surface area (Å²) in [5.74, 6) is 1.03. The van der Waals surface area contributed by atoms with E-state index in [1.807, 2.05) is 36.1 Å². The topological polar surface area (TPSA) is 45.7 Å². The Balaban J connectivity index is 1.24. The molecule has 158 valence electrons. The maximum atomic E-state index is 12.9. The lowest BCUT2D eigenvalue weighted by atomic mass is 10.0. The van der Waals surface area contributed by atoms with Crippen molar-refractivity contribution in [3.8, 4) is 5.75 Å². The molecule has 1 aliphatic heterocycles. The largest absolute Gasteiger partial charge is 0.492 e. The number of aromatic nitrogens is 1. The molecule has 0 atom stereocenters. The van der Waals surface area contributed by atoms with Crippen molar-refractivity contribution in [2.75, 3.05) is 37.7 Å². The molecule has 2 heterocycles. The first-order valence-electron chi connectivity index (χ1n) is 10.7. The average Bonchev–Trinajstić information content (AvgIpc) is 3.25. The van der Waals surface area contributed by atoms with Crippen molar-refractivity contribution in [3.05, 3.63) is 66.2 Å². The predicted molar refractivity (Wildman–Crippen MR) is 127 cm³/mol. The Morgan fingerprint density at radius 3 is 2.61 bits per heavy atom. The number of carbonyl (C=O) groups excluding carboxylic acids is 1.